The Balaban J connectivity index is 1.59. The molecule has 1 fully saturated rings. The molecule has 0 saturated carbocycles. The van der Waals surface area contributed by atoms with E-state index in [1.165, 1.54) is 4.90 Å². The number of rotatable bonds is 23. The molecule has 5 atom stereocenters. The summed E-state index contributed by atoms with van der Waals surface area (Å²) >= 11 is 5.97. The molecule has 1 aromatic heterocycles. The van der Waals surface area contributed by atoms with E-state index in [-0.39, 0.29) is 72.8 Å². The molecule has 0 unspecified atom stereocenters. The van der Waals surface area contributed by atoms with Crippen molar-refractivity contribution in [2.75, 3.05) is 70.4 Å². The second-order valence-corrected chi connectivity index (χ2v) is 15.1. The van der Waals surface area contributed by atoms with Gasteiger partial charge in [-0.25, -0.2) is 14.8 Å². The van der Waals surface area contributed by atoms with Crippen molar-refractivity contribution in [3.05, 3.63) is 46.2 Å². The van der Waals surface area contributed by atoms with E-state index in [0.29, 0.717) is 45.4 Å². The highest BCUT2D eigenvalue weighted by Crippen LogP contribution is 2.22. The van der Waals surface area contributed by atoms with Gasteiger partial charge in [0.25, 0.3) is 5.91 Å². The SMILES string of the molecule is CCCCCCN(CCC(=O)N1CCC(CN(C[C@H](CNC(=O)c2nc(Cl)c(N)nc2N)Cc2ccccc2C)C(=O)O)CC1)C[C@@H](O)[C@@H](O)[C@H](O)[C@H](O)CO. The topological polar surface area (TPSA) is 272 Å². The molecule has 2 heterocycles. The highest BCUT2D eigenvalue weighted by molar-refractivity contribution is 6.31. The van der Waals surface area contributed by atoms with Gasteiger partial charge in [-0.05, 0) is 62.1 Å². The van der Waals surface area contributed by atoms with Crippen molar-refractivity contribution in [3.63, 3.8) is 0 Å². The smallest absolute Gasteiger partial charge is 0.407 e. The number of nitrogen functional groups attached to an aromatic ring is 2. The van der Waals surface area contributed by atoms with Gasteiger partial charge in [0.1, 0.15) is 18.3 Å². The van der Waals surface area contributed by atoms with Gasteiger partial charge in [-0.2, -0.15) is 0 Å². The molecule has 1 aromatic carbocycles. The number of anilines is 2. The number of hydrogen-bond donors (Lipinski definition) is 9. The second kappa shape index (κ2) is 23.4. The highest BCUT2D eigenvalue weighted by atomic mass is 35.5. The number of hydrogen-bond acceptors (Lipinski definition) is 13. The van der Waals surface area contributed by atoms with E-state index in [9.17, 15) is 39.9 Å². The Morgan fingerprint density at radius 2 is 1.64 bits per heavy atom. The molecule has 3 amide bonds. The molecule has 0 bridgehead atoms. The van der Waals surface area contributed by atoms with Gasteiger partial charge >= 0.3 is 6.09 Å². The van der Waals surface area contributed by atoms with Crippen molar-refractivity contribution in [1.82, 2.24) is 30.0 Å². The number of aliphatic hydroxyl groups is 5. The highest BCUT2D eigenvalue weighted by Gasteiger charge is 2.32. The first kappa shape index (κ1) is 46.5. The number of amides is 3. The quantitative estimate of drug-likeness (QED) is 0.0713. The Morgan fingerprint density at radius 3 is 2.29 bits per heavy atom. The van der Waals surface area contributed by atoms with Crippen LogP contribution >= 0.6 is 11.6 Å². The van der Waals surface area contributed by atoms with Crippen LogP contribution < -0.4 is 16.8 Å². The molecule has 18 heteroatoms. The van der Waals surface area contributed by atoms with Crippen molar-refractivity contribution < 1.29 is 45.0 Å². The number of likely N-dealkylation sites (tertiary alicyclic amines) is 1. The van der Waals surface area contributed by atoms with Gasteiger partial charge in [0.15, 0.2) is 22.5 Å². The molecule has 314 valence electrons. The van der Waals surface area contributed by atoms with E-state index < -0.39 is 43.0 Å². The van der Waals surface area contributed by atoms with Crippen LogP contribution in [0.3, 0.4) is 0 Å². The molecule has 11 N–H and O–H groups in total. The van der Waals surface area contributed by atoms with E-state index in [0.717, 1.165) is 36.8 Å². The van der Waals surface area contributed by atoms with Crippen LogP contribution in [0, 0.1) is 18.8 Å². The number of nitrogens with zero attached hydrogens (tertiary/aromatic N) is 5. The first-order chi connectivity index (χ1) is 26.6. The van der Waals surface area contributed by atoms with Crippen molar-refractivity contribution in [2.24, 2.45) is 11.8 Å². The van der Waals surface area contributed by atoms with Gasteiger partial charge in [0, 0.05) is 52.2 Å². The fourth-order valence-corrected chi connectivity index (χ4v) is 7.03. The summed E-state index contributed by atoms with van der Waals surface area (Å²) in [5.41, 5.74) is 13.4. The van der Waals surface area contributed by atoms with Crippen LogP contribution in [0.2, 0.25) is 5.15 Å². The fourth-order valence-electron chi connectivity index (χ4n) is 6.90. The normalized spacial score (nSPS) is 16.3. The number of aryl methyl sites for hydroxylation is 1. The Hall–Kier alpha value is -3.84. The minimum atomic E-state index is -1.73. The Bertz CT molecular complexity index is 1550. The van der Waals surface area contributed by atoms with Gasteiger partial charge in [0.2, 0.25) is 5.91 Å². The lowest BCUT2D eigenvalue weighted by molar-refractivity contribution is -0.133. The number of carbonyl (C=O) groups is 3. The number of carbonyl (C=O) groups excluding carboxylic acids is 2. The first-order valence-electron chi connectivity index (χ1n) is 19.4. The summed E-state index contributed by atoms with van der Waals surface area (Å²) in [6.45, 7) is 5.55. The lowest BCUT2D eigenvalue weighted by Crippen LogP contribution is -2.50. The van der Waals surface area contributed by atoms with E-state index in [1.807, 2.05) is 36.1 Å². The minimum Gasteiger partial charge on any atom is -0.465 e. The Labute approximate surface area is 333 Å². The lowest BCUT2D eigenvalue weighted by Gasteiger charge is -2.36. The van der Waals surface area contributed by atoms with Crippen LogP contribution in [0.15, 0.2) is 24.3 Å². The number of piperidine rings is 1. The molecule has 0 radical (unpaired) electrons. The van der Waals surface area contributed by atoms with Crippen LogP contribution in [0.1, 0.15) is 73.5 Å². The Kier molecular flexibility index (Phi) is 19.5. The zero-order valence-corrected chi connectivity index (χ0v) is 33.2. The third-order valence-corrected chi connectivity index (χ3v) is 10.7. The van der Waals surface area contributed by atoms with Gasteiger partial charge in [-0.15, -0.1) is 0 Å². The molecule has 1 aliphatic heterocycles. The number of benzene rings is 1. The van der Waals surface area contributed by atoms with E-state index >= 15 is 0 Å². The summed E-state index contributed by atoms with van der Waals surface area (Å²) in [6, 6.07) is 7.77. The predicted octanol–water partition coefficient (Wildman–Crippen LogP) is 1.12. The summed E-state index contributed by atoms with van der Waals surface area (Å²) < 4.78 is 0. The first-order valence-corrected chi connectivity index (χ1v) is 19.7. The minimum absolute atomic E-state index is 0.00300. The number of unbranched alkanes of at least 4 members (excludes halogenated alkanes) is 3. The van der Waals surface area contributed by atoms with Crippen LogP contribution in [-0.4, -0.2) is 157 Å². The largest absolute Gasteiger partial charge is 0.465 e. The summed E-state index contributed by atoms with van der Waals surface area (Å²) in [4.78, 5) is 51.8. The molecule has 0 aliphatic carbocycles. The van der Waals surface area contributed by atoms with Crippen LogP contribution in [0.5, 0.6) is 0 Å². The van der Waals surface area contributed by atoms with Crippen LogP contribution in [-0.2, 0) is 11.2 Å². The molecule has 17 nitrogen and oxygen atoms in total. The maximum Gasteiger partial charge on any atom is 0.407 e. The van der Waals surface area contributed by atoms with E-state index in [2.05, 4.69) is 22.2 Å². The number of halogens is 1. The second-order valence-electron chi connectivity index (χ2n) is 14.8. The molecular formula is C38H61ClN8O9. The van der Waals surface area contributed by atoms with Crippen molar-refractivity contribution in [1.29, 1.82) is 0 Å². The maximum absolute atomic E-state index is 13.3. The van der Waals surface area contributed by atoms with Crippen molar-refractivity contribution >= 4 is 41.1 Å². The maximum atomic E-state index is 13.3. The van der Waals surface area contributed by atoms with Crippen LogP contribution in [0.4, 0.5) is 16.4 Å². The molecule has 1 saturated heterocycles. The summed E-state index contributed by atoms with van der Waals surface area (Å²) in [5.74, 6) is -1.29. The number of aromatic nitrogens is 2. The third-order valence-electron chi connectivity index (χ3n) is 10.4. The van der Waals surface area contributed by atoms with Crippen molar-refractivity contribution in [3.8, 4) is 0 Å². The van der Waals surface area contributed by atoms with E-state index in [1.54, 1.807) is 4.90 Å². The molecule has 0 spiro atoms. The summed E-state index contributed by atoms with van der Waals surface area (Å²) in [7, 11) is 0. The lowest BCUT2D eigenvalue weighted by atomic mass is 9.93. The standard InChI is InChI=1S/C38H61ClN8O9/c1-3-4-5-8-14-45(22-28(49)32(52)33(53)29(50)23-48)15-13-30(51)46-16-11-25(12-17-46)20-47(38(55)56)21-26(18-27-10-7-6-9-24(27)2)19-42-37(54)31-35(40)44-36(41)34(39)43-31/h6-7,9-10,25-26,28-29,32-33,48-50,52-53H,3-5,8,11-23H2,1-2H3,(H,42,54)(H,55,56)(H4,40,41,44)/t26-,28+,29+,32+,33+/m0/s1. The van der Waals surface area contributed by atoms with Gasteiger partial charge < -0.3 is 62.1 Å². The third kappa shape index (κ3) is 14.6. The predicted molar refractivity (Wildman–Crippen MR) is 212 cm³/mol. The molecular weight excluding hydrogens is 748 g/mol. The van der Waals surface area contributed by atoms with Gasteiger partial charge in [-0.3, -0.25) is 9.59 Å². The zero-order chi connectivity index (χ0) is 41.4. The molecule has 3 rings (SSSR count). The van der Waals surface area contributed by atoms with Gasteiger partial charge in [-0.1, -0.05) is 62.1 Å². The van der Waals surface area contributed by atoms with Gasteiger partial charge in [0.05, 0.1) is 12.7 Å². The summed E-state index contributed by atoms with van der Waals surface area (Å²) in [6.07, 6.45) is -1.83. The van der Waals surface area contributed by atoms with E-state index in [4.69, 9.17) is 28.2 Å². The number of aliphatic hydroxyl groups excluding tert-OH is 5. The molecule has 1 aliphatic rings. The summed E-state index contributed by atoms with van der Waals surface area (Å²) in [5, 5.41) is 62.8. The molecule has 2 aromatic rings. The average molecular weight is 809 g/mol. The van der Waals surface area contributed by atoms with Crippen LogP contribution in [0.25, 0.3) is 0 Å². The molecule has 56 heavy (non-hydrogen) atoms. The number of nitrogens with one attached hydrogen (secondary N) is 1. The van der Waals surface area contributed by atoms with Crippen molar-refractivity contribution in [2.45, 2.75) is 89.6 Å². The zero-order valence-electron chi connectivity index (χ0n) is 32.5. The fraction of sp³-hybridized carbons (Fsp3) is 0.658. The Morgan fingerprint density at radius 1 is 0.964 bits per heavy atom. The number of carboxylic acid groups (broad SMARTS) is 1. The average Bonchev–Trinajstić information content (AvgIpc) is 3.18. The number of nitrogens with two attached hydrogens (primary N) is 2. The monoisotopic (exact) mass is 808 g/mol.